The number of carbonyl (C=O) groups is 1. The van der Waals surface area contributed by atoms with Crippen molar-refractivity contribution >= 4 is 38.9 Å². The smallest absolute Gasteiger partial charge is 0.258 e. The Labute approximate surface area is 224 Å². The molecule has 4 fully saturated rings. The second-order valence-electron chi connectivity index (χ2n) is 11.9. The van der Waals surface area contributed by atoms with Crippen molar-refractivity contribution in [3.8, 4) is 0 Å². The van der Waals surface area contributed by atoms with Crippen LogP contribution < -0.4 is 19.8 Å². The molecule has 38 heavy (non-hydrogen) atoms. The van der Waals surface area contributed by atoms with Gasteiger partial charge in [-0.25, -0.2) is 13.4 Å². The molecule has 4 aliphatic rings. The lowest BCUT2D eigenvalue weighted by Gasteiger charge is -2.35. The summed E-state index contributed by atoms with van der Waals surface area (Å²) < 4.78 is 27.8. The van der Waals surface area contributed by atoms with Gasteiger partial charge in [0.1, 0.15) is 11.6 Å². The third-order valence-corrected chi connectivity index (χ3v) is 11.1. The van der Waals surface area contributed by atoms with Crippen LogP contribution in [0.2, 0.25) is 0 Å². The molecule has 3 N–H and O–H groups in total. The Morgan fingerprint density at radius 1 is 1.03 bits per heavy atom. The number of carbonyl (C=O) groups excluding carboxylic acids is 1. The van der Waals surface area contributed by atoms with Crippen LogP contribution in [-0.2, 0) is 10.0 Å². The number of anilines is 4. The number of piperidine rings is 2. The number of sulfonamides is 1. The first-order valence-electron chi connectivity index (χ1n) is 13.8. The van der Waals surface area contributed by atoms with Gasteiger partial charge in [-0.3, -0.25) is 9.52 Å². The van der Waals surface area contributed by atoms with Crippen molar-refractivity contribution in [3.05, 3.63) is 42.0 Å². The second kappa shape index (κ2) is 9.41. The molecule has 0 radical (unpaired) electrons. The number of hydrogen-bond acceptors (Lipinski definition) is 7. The second-order valence-corrected chi connectivity index (χ2v) is 14.0. The summed E-state index contributed by atoms with van der Waals surface area (Å²) in [6, 6.07) is 10.7. The molecule has 1 atom stereocenters. The number of benzene rings is 1. The molecule has 2 saturated heterocycles. The molecule has 204 valence electrons. The summed E-state index contributed by atoms with van der Waals surface area (Å²) in [6.07, 6.45) is 7.38. The predicted octanol–water partition coefficient (Wildman–Crippen LogP) is 3.97. The lowest BCUT2D eigenvalue weighted by atomic mass is 9.93. The van der Waals surface area contributed by atoms with Crippen LogP contribution in [0.1, 0.15) is 68.6 Å². The van der Waals surface area contributed by atoms with Crippen molar-refractivity contribution in [1.82, 2.24) is 4.98 Å². The van der Waals surface area contributed by atoms with E-state index in [4.69, 9.17) is 0 Å². The average Bonchev–Trinajstić information content (AvgIpc) is 3.83. The Bertz CT molecular complexity index is 1330. The number of amides is 1. The van der Waals surface area contributed by atoms with Crippen molar-refractivity contribution in [1.29, 1.82) is 0 Å². The molecule has 0 unspecified atom stereocenters. The number of aromatic nitrogens is 1. The normalized spacial score (nSPS) is 23.7. The number of rotatable bonds is 7. The predicted molar refractivity (Wildman–Crippen MR) is 149 cm³/mol. The van der Waals surface area contributed by atoms with Crippen molar-refractivity contribution in [2.45, 2.75) is 69.1 Å². The zero-order valence-corrected chi connectivity index (χ0v) is 22.8. The van der Waals surface area contributed by atoms with Crippen LogP contribution in [0.5, 0.6) is 0 Å². The fourth-order valence-corrected chi connectivity index (χ4v) is 7.01. The van der Waals surface area contributed by atoms with Gasteiger partial charge < -0.3 is 20.2 Å². The van der Waals surface area contributed by atoms with E-state index >= 15 is 0 Å². The maximum Gasteiger partial charge on any atom is 0.258 e. The maximum atomic E-state index is 13.6. The first kappa shape index (κ1) is 25.4. The standard InChI is InChI=1S/C28H37N5O4S/c1-27(9-10-27)38(36,37)31-20-7-8-22(23(18-20)32-16-13-28(11-12-28)14-17-32)26(35)30-24-5-2-6-25(29-24)33-15-3-4-21(34)19-33/h2,5-8,18,21,31,34H,3-4,9-17,19H2,1H3,(H,29,30,35)/t21-/m0/s1. The summed E-state index contributed by atoms with van der Waals surface area (Å²) in [5.74, 6) is 0.894. The molecule has 0 bridgehead atoms. The zero-order valence-electron chi connectivity index (χ0n) is 21.9. The molecule has 6 rings (SSSR count). The molecular weight excluding hydrogens is 502 g/mol. The Balaban J connectivity index is 1.25. The summed E-state index contributed by atoms with van der Waals surface area (Å²) in [7, 11) is -3.50. The van der Waals surface area contributed by atoms with Crippen LogP contribution in [0.15, 0.2) is 36.4 Å². The van der Waals surface area contributed by atoms with Crippen LogP contribution in [0.4, 0.5) is 23.0 Å². The number of nitrogens with one attached hydrogen (secondary N) is 2. The summed E-state index contributed by atoms with van der Waals surface area (Å²) in [4.78, 5) is 22.5. The number of aliphatic hydroxyl groups is 1. The minimum Gasteiger partial charge on any atom is -0.391 e. The van der Waals surface area contributed by atoms with Crippen LogP contribution in [0.3, 0.4) is 0 Å². The summed E-state index contributed by atoms with van der Waals surface area (Å²) in [6.45, 7) is 4.81. The molecule has 2 saturated carbocycles. The number of nitrogens with zero attached hydrogens (tertiary/aromatic N) is 3. The van der Waals surface area contributed by atoms with Gasteiger partial charge in [0, 0.05) is 26.2 Å². The van der Waals surface area contributed by atoms with E-state index in [0.717, 1.165) is 56.8 Å². The lowest BCUT2D eigenvalue weighted by molar-refractivity contribution is 0.102. The van der Waals surface area contributed by atoms with Gasteiger partial charge in [-0.15, -0.1) is 0 Å². The van der Waals surface area contributed by atoms with Gasteiger partial charge in [0.2, 0.25) is 10.0 Å². The Morgan fingerprint density at radius 2 is 1.79 bits per heavy atom. The molecule has 2 aliphatic heterocycles. The molecule has 3 heterocycles. The third kappa shape index (κ3) is 5.08. The number of β-amino-alcohol motifs (C(OH)–C–C–N with tert-alkyl or cyclic N) is 1. The van der Waals surface area contributed by atoms with Crippen LogP contribution >= 0.6 is 0 Å². The Kier molecular flexibility index (Phi) is 6.30. The van der Waals surface area contributed by atoms with Gasteiger partial charge in [0.15, 0.2) is 0 Å². The number of aliphatic hydroxyl groups excluding tert-OH is 1. The van der Waals surface area contributed by atoms with E-state index in [1.807, 2.05) is 23.1 Å². The van der Waals surface area contributed by atoms with Crippen LogP contribution in [0, 0.1) is 5.41 Å². The highest BCUT2D eigenvalue weighted by molar-refractivity contribution is 7.94. The molecule has 10 heteroatoms. The van der Waals surface area contributed by atoms with Crippen molar-refractivity contribution < 1.29 is 18.3 Å². The van der Waals surface area contributed by atoms with E-state index in [2.05, 4.69) is 19.9 Å². The zero-order chi connectivity index (χ0) is 26.5. The first-order chi connectivity index (χ1) is 18.2. The third-order valence-electron chi connectivity index (χ3n) is 8.92. The van der Waals surface area contributed by atoms with E-state index in [1.165, 1.54) is 12.8 Å². The van der Waals surface area contributed by atoms with Crippen LogP contribution in [-0.4, -0.2) is 61.4 Å². The molecule has 9 nitrogen and oxygen atoms in total. The monoisotopic (exact) mass is 539 g/mol. The van der Waals surface area contributed by atoms with Gasteiger partial charge in [0.25, 0.3) is 5.91 Å². The Morgan fingerprint density at radius 3 is 2.47 bits per heavy atom. The highest BCUT2D eigenvalue weighted by Gasteiger charge is 2.50. The molecule has 1 aromatic carbocycles. The summed E-state index contributed by atoms with van der Waals surface area (Å²) >= 11 is 0. The van der Waals surface area contributed by atoms with Crippen LogP contribution in [0.25, 0.3) is 0 Å². The number of hydrogen-bond donors (Lipinski definition) is 3. The highest BCUT2D eigenvalue weighted by Crippen LogP contribution is 2.54. The summed E-state index contributed by atoms with van der Waals surface area (Å²) in [5.41, 5.74) is 2.21. The van der Waals surface area contributed by atoms with E-state index in [-0.39, 0.29) is 12.0 Å². The highest BCUT2D eigenvalue weighted by atomic mass is 32.2. The van der Waals surface area contributed by atoms with Crippen molar-refractivity contribution in [2.24, 2.45) is 5.41 Å². The minimum absolute atomic E-state index is 0.279. The van der Waals surface area contributed by atoms with Crippen molar-refractivity contribution in [2.75, 3.05) is 46.0 Å². The number of pyridine rings is 1. The average molecular weight is 540 g/mol. The van der Waals surface area contributed by atoms with E-state index < -0.39 is 14.8 Å². The quantitative estimate of drug-likeness (QED) is 0.488. The largest absolute Gasteiger partial charge is 0.391 e. The van der Waals surface area contributed by atoms with Gasteiger partial charge in [-0.2, -0.15) is 0 Å². The van der Waals surface area contributed by atoms with Gasteiger partial charge >= 0.3 is 0 Å². The van der Waals surface area contributed by atoms with Gasteiger partial charge in [0.05, 0.1) is 27.8 Å². The fourth-order valence-electron chi connectivity index (χ4n) is 5.69. The maximum absolute atomic E-state index is 13.6. The first-order valence-corrected chi connectivity index (χ1v) is 15.3. The SMILES string of the molecule is CC1(S(=O)(=O)Nc2ccc(C(=O)Nc3cccc(N4CCC[C@H](O)C4)n3)c(N3CCC4(CC3)CC4)c2)CC1. The molecular formula is C28H37N5O4S. The van der Waals surface area contributed by atoms with E-state index in [9.17, 15) is 18.3 Å². The molecule has 2 aliphatic carbocycles. The van der Waals surface area contributed by atoms with E-state index in [0.29, 0.717) is 41.9 Å². The Hall–Kier alpha value is -2.85. The topological polar surface area (TPSA) is 115 Å². The lowest BCUT2D eigenvalue weighted by Crippen LogP contribution is -2.38. The molecule has 1 spiro atoms. The minimum atomic E-state index is -3.50. The molecule has 1 amide bonds. The summed E-state index contributed by atoms with van der Waals surface area (Å²) in [5, 5.41) is 13.0. The van der Waals surface area contributed by atoms with Gasteiger partial charge in [-0.05, 0) is 94.0 Å². The molecule has 1 aromatic heterocycles. The van der Waals surface area contributed by atoms with Gasteiger partial charge in [-0.1, -0.05) is 6.07 Å². The fraction of sp³-hybridized carbons (Fsp3) is 0.571. The molecule has 2 aromatic rings. The van der Waals surface area contributed by atoms with E-state index in [1.54, 1.807) is 25.1 Å². The van der Waals surface area contributed by atoms with Crippen molar-refractivity contribution in [3.63, 3.8) is 0 Å².